The van der Waals surface area contributed by atoms with Gasteiger partial charge in [0.05, 0.1) is 13.2 Å². The number of carbonyl (C=O) groups is 1. The smallest absolute Gasteiger partial charge is 0.256 e. The summed E-state index contributed by atoms with van der Waals surface area (Å²) >= 11 is 0. The van der Waals surface area contributed by atoms with E-state index in [4.69, 9.17) is 26.6 Å². The minimum Gasteiger partial charge on any atom is -0.401 e. The monoisotopic (exact) mass is 587 g/mol. The minimum atomic E-state index is -0.423. The number of anilines is 4. The number of amidine groups is 1. The van der Waals surface area contributed by atoms with Gasteiger partial charge in [-0.2, -0.15) is 4.98 Å². The number of rotatable bonds is 6. The van der Waals surface area contributed by atoms with E-state index in [0.717, 1.165) is 57.8 Å². The Hall–Kier alpha value is -4.36. The van der Waals surface area contributed by atoms with Crippen LogP contribution in [-0.2, 0) is 4.74 Å². The molecule has 228 valence electrons. The van der Waals surface area contributed by atoms with Crippen molar-refractivity contribution in [3.05, 3.63) is 47.4 Å². The maximum atomic E-state index is 13.0. The minimum absolute atomic E-state index is 0.0806. The lowest BCUT2D eigenvalue weighted by atomic mass is 9.92. The van der Waals surface area contributed by atoms with Gasteiger partial charge in [-0.05, 0) is 43.5 Å². The van der Waals surface area contributed by atoms with Crippen LogP contribution in [0.5, 0.6) is 0 Å². The van der Waals surface area contributed by atoms with Crippen molar-refractivity contribution in [3.8, 4) is 0 Å². The molecular weight excluding hydrogens is 546 g/mol. The fraction of sp³-hybridized carbons (Fsp3) is 0.467. The molecule has 13 heteroatoms. The topological polar surface area (TPSA) is 184 Å². The van der Waals surface area contributed by atoms with Crippen LogP contribution in [0.15, 0.2) is 36.3 Å². The highest BCUT2D eigenvalue weighted by atomic mass is 16.5. The number of fused-ring (bicyclic) bond motifs is 1. The van der Waals surface area contributed by atoms with Gasteiger partial charge in [0.15, 0.2) is 11.6 Å². The standard InChI is InChI=1S/C30H41N11O2/c1-18-5-6-19(28(42)37-23(32)16-22(31)30(2,3)4)15-21(18)36-27-25-24(34-17-35-27)26(33)39-29(38-25)41-9-7-20(8-10-41)40-11-13-43-14-12-40/h5-6,15-17,20H,7-14,31H2,1-4H3,(H2,32,37,42)(H2,33,38,39)(H,34,35,36). The first kappa shape index (κ1) is 30.1. The number of nitrogens with two attached hydrogens (primary N) is 2. The van der Waals surface area contributed by atoms with E-state index in [2.05, 4.69) is 35.4 Å². The van der Waals surface area contributed by atoms with E-state index in [0.29, 0.717) is 45.8 Å². The molecule has 2 saturated heterocycles. The van der Waals surface area contributed by atoms with Gasteiger partial charge in [0.1, 0.15) is 23.2 Å². The van der Waals surface area contributed by atoms with Gasteiger partial charge in [-0.25, -0.2) is 15.0 Å². The number of nitrogen functional groups attached to an aromatic ring is 1. The van der Waals surface area contributed by atoms with Gasteiger partial charge in [-0.15, -0.1) is 0 Å². The molecule has 0 aliphatic carbocycles. The summed E-state index contributed by atoms with van der Waals surface area (Å²) in [6.45, 7) is 12.9. The number of allylic oxidation sites excluding steroid dienone is 1. The van der Waals surface area contributed by atoms with E-state index >= 15 is 0 Å². The van der Waals surface area contributed by atoms with E-state index < -0.39 is 5.91 Å². The summed E-state index contributed by atoms with van der Waals surface area (Å²) in [5, 5.41) is 14.1. The molecule has 43 heavy (non-hydrogen) atoms. The molecule has 0 spiro atoms. The number of nitrogens with one attached hydrogen (secondary N) is 3. The molecule has 0 saturated carbocycles. The molecule has 0 atom stereocenters. The molecule has 0 radical (unpaired) electrons. The Morgan fingerprint density at radius 1 is 1.09 bits per heavy atom. The third-order valence-electron chi connectivity index (χ3n) is 7.97. The number of ether oxygens (including phenoxy) is 1. The van der Waals surface area contributed by atoms with Crippen LogP contribution >= 0.6 is 0 Å². The van der Waals surface area contributed by atoms with Crippen LogP contribution in [0.3, 0.4) is 0 Å². The molecule has 2 fully saturated rings. The van der Waals surface area contributed by atoms with Gasteiger partial charge in [0, 0.05) is 54.6 Å². The maximum absolute atomic E-state index is 13.0. The largest absolute Gasteiger partial charge is 0.401 e. The first-order valence-electron chi connectivity index (χ1n) is 14.6. The lowest BCUT2D eigenvalue weighted by Gasteiger charge is -2.40. The number of hydrogen-bond acceptors (Lipinski definition) is 12. The summed E-state index contributed by atoms with van der Waals surface area (Å²) < 4.78 is 5.51. The fourth-order valence-electron chi connectivity index (χ4n) is 5.19. The van der Waals surface area contributed by atoms with Gasteiger partial charge >= 0.3 is 0 Å². The molecule has 1 amide bonds. The van der Waals surface area contributed by atoms with Gasteiger partial charge in [-0.1, -0.05) is 26.8 Å². The Morgan fingerprint density at radius 2 is 1.81 bits per heavy atom. The number of benzene rings is 1. The van der Waals surface area contributed by atoms with Crippen LogP contribution in [0.2, 0.25) is 0 Å². The number of hydrogen-bond donors (Lipinski definition) is 5. The van der Waals surface area contributed by atoms with Crippen molar-refractivity contribution in [2.45, 2.75) is 46.6 Å². The molecule has 2 aliphatic rings. The molecule has 1 aromatic carbocycles. The molecule has 2 aliphatic heterocycles. The Morgan fingerprint density at radius 3 is 2.51 bits per heavy atom. The van der Waals surface area contributed by atoms with Crippen LogP contribution in [-0.4, -0.2) is 82.0 Å². The number of morpholine rings is 1. The molecule has 7 N–H and O–H groups in total. The number of piperidine rings is 1. The molecule has 4 heterocycles. The number of nitrogens with zero attached hydrogens (tertiary/aromatic N) is 6. The first-order valence-corrected chi connectivity index (χ1v) is 14.6. The van der Waals surface area contributed by atoms with Crippen molar-refractivity contribution < 1.29 is 9.53 Å². The first-order chi connectivity index (χ1) is 20.5. The zero-order valence-corrected chi connectivity index (χ0v) is 25.3. The van der Waals surface area contributed by atoms with Crippen molar-refractivity contribution in [2.24, 2.45) is 11.1 Å². The molecule has 0 unspecified atom stereocenters. The molecule has 13 nitrogen and oxygen atoms in total. The van der Waals surface area contributed by atoms with E-state index in [1.54, 1.807) is 12.1 Å². The van der Waals surface area contributed by atoms with Crippen molar-refractivity contribution in [3.63, 3.8) is 0 Å². The average molecular weight is 588 g/mol. The third kappa shape index (κ3) is 7.00. The second kappa shape index (κ2) is 12.5. The van der Waals surface area contributed by atoms with Crippen molar-refractivity contribution in [1.82, 2.24) is 30.2 Å². The van der Waals surface area contributed by atoms with E-state index in [1.807, 2.05) is 33.8 Å². The Balaban J connectivity index is 1.35. The van der Waals surface area contributed by atoms with Gasteiger partial charge < -0.3 is 31.7 Å². The summed E-state index contributed by atoms with van der Waals surface area (Å²) in [7, 11) is 0. The maximum Gasteiger partial charge on any atom is 0.256 e. The number of aryl methyl sites for hydroxylation is 1. The summed E-state index contributed by atoms with van der Waals surface area (Å²) in [5.74, 6) is 0.787. The van der Waals surface area contributed by atoms with Gasteiger partial charge in [0.25, 0.3) is 5.91 Å². The van der Waals surface area contributed by atoms with Crippen LogP contribution < -0.4 is 27.0 Å². The lowest BCUT2D eigenvalue weighted by Crippen LogP contribution is -2.49. The van der Waals surface area contributed by atoms with Crippen molar-refractivity contribution in [1.29, 1.82) is 5.41 Å². The van der Waals surface area contributed by atoms with Crippen molar-refractivity contribution >= 4 is 46.0 Å². The van der Waals surface area contributed by atoms with Gasteiger partial charge in [0.2, 0.25) is 5.95 Å². The predicted molar refractivity (Wildman–Crippen MR) is 169 cm³/mol. The second-order valence-electron chi connectivity index (χ2n) is 12.1. The molecule has 2 aromatic heterocycles. The molecule has 5 rings (SSSR count). The predicted octanol–water partition coefficient (Wildman–Crippen LogP) is 2.95. The Kier molecular flexibility index (Phi) is 8.74. The zero-order chi connectivity index (χ0) is 30.7. The van der Waals surface area contributed by atoms with Gasteiger partial charge in [-0.3, -0.25) is 15.1 Å². The van der Waals surface area contributed by atoms with Crippen LogP contribution in [0.25, 0.3) is 11.0 Å². The highest BCUT2D eigenvalue weighted by Gasteiger charge is 2.27. The number of carbonyl (C=O) groups excluding carboxylic acids is 1. The summed E-state index contributed by atoms with van der Waals surface area (Å²) in [6, 6.07) is 5.78. The lowest BCUT2D eigenvalue weighted by molar-refractivity contribution is 0.0114. The highest BCUT2D eigenvalue weighted by molar-refractivity contribution is 6.09. The van der Waals surface area contributed by atoms with Crippen LogP contribution in [0.1, 0.15) is 49.5 Å². The van der Waals surface area contributed by atoms with Crippen LogP contribution in [0.4, 0.5) is 23.3 Å². The number of aromatic nitrogens is 4. The average Bonchev–Trinajstić information content (AvgIpc) is 2.98. The highest BCUT2D eigenvalue weighted by Crippen LogP contribution is 2.29. The van der Waals surface area contributed by atoms with E-state index in [1.165, 1.54) is 12.4 Å². The Bertz CT molecular complexity index is 1540. The summed E-state index contributed by atoms with van der Waals surface area (Å²) in [4.78, 5) is 35.9. The molecular formula is C30H41N11O2. The zero-order valence-electron chi connectivity index (χ0n) is 25.3. The number of amides is 1. The second-order valence-corrected chi connectivity index (χ2v) is 12.1. The Labute approximate surface area is 251 Å². The van der Waals surface area contributed by atoms with Crippen LogP contribution in [0, 0.1) is 17.7 Å². The SMILES string of the molecule is Cc1ccc(C(=O)NC(=N)C=C(N)C(C)(C)C)cc1Nc1ncnc2c(N)nc(N3CCC(N4CCOCC4)CC3)nc12. The summed E-state index contributed by atoms with van der Waals surface area (Å²) in [6.07, 6.45) is 4.91. The normalized spacial score (nSPS) is 17.2. The fourth-order valence-corrected chi connectivity index (χ4v) is 5.19. The van der Waals surface area contributed by atoms with E-state index in [9.17, 15) is 4.79 Å². The van der Waals surface area contributed by atoms with Crippen molar-refractivity contribution in [2.75, 3.05) is 55.3 Å². The molecule has 0 bridgehead atoms. The third-order valence-corrected chi connectivity index (χ3v) is 7.97. The summed E-state index contributed by atoms with van der Waals surface area (Å²) in [5.41, 5.74) is 15.5. The molecule has 3 aromatic rings. The quantitative estimate of drug-likeness (QED) is 0.211. The van der Waals surface area contributed by atoms with E-state index in [-0.39, 0.29) is 17.1 Å².